The van der Waals surface area contributed by atoms with Gasteiger partial charge in [0.05, 0.1) is 7.11 Å². The Morgan fingerprint density at radius 3 is 2.71 bits per heavy atom. The fourth-order valence-electron chi connectivity index (χ4n) is 1.91. The van der Waals surface area contributed by atoms with Crippen molar-refractivity contribution in [1.29, 1.82) is 0 Å². The minimum Gasteiger partial charge on any atom is -0.468 e. The van der Waals surface area contributed by atoms with Crippen LogP contribution in [0.25, 0.3) is 0 Å². The Balaban J connectivity index is 2.06. The number of hydrogen-bond acceptors (Lipinski definition) is 4. The fraction of sp³-hybridized carbons (Fsp3) is 0.462. The summed E-state index contributed by atoms with van der Waals surface area (Å²) in [6.07, 6.45) is 0. The predicted octanol–water partition coefficient (Wildman–Crippen LogP) is 1.91. The van der Waals surface area contributed by atoms with Crippen LogP contribution >= 0.6 is 11.8 Å². The van der Waals surface area contributed by atoms with Crippen molar-refractivity contribution < 1.29 is 9.53 Å². The minimum absolute atomic E-state index is 0.172. The molecule has 0 aromatic heterocycles. The van der Waals surface area contributed by atoms with Crippen molar-refractivity contribution in [3.05, 3.63) is 35.4 Å². The number of esters is 1. The summed E-state index contributed by atoms with van der Waals surface area (Å²) < 4.78 is 4.78. The molecular weight excluding hydrogens is 234 g/mol. The molecule has 1 saturated heterocycles. The SMILES string of the molecule is COC(=O)C1CSCC(c2ccc(C)cc2)N1. The summed E-state index contributed by atoms with van der Waals surface area (Å²) in [6.45, 7) is 2.07. The molecule has 0 radical (unpaired) electrons. The van der Waals surface area contributed by atoms with E-state index in [9.17, 15) is 4.79 Å². The van der Waals surface area contributed by atoms with Crippen molar-refractivity contribution in [1.82, 2.24) is 5.32 Å². The van der Waals surface area contributed by atoms with Gasteiger partial charge in [0.15, 0.2) is 0 Å². The molecular formula is C13H17NO2S. The lowest BCUT2D eigenvalue weighted by atomic mass is 10.1. The van der Waals surface area contributed by atoms with E-state index in [4.69, 9.17) is 4.74 Å². The average Bonchev–Trinajstić information content (AvgIpc) is 2.39. The van der Waals surface area contributed by atoms with Crippen LogP contribution in [0, 0.1) is 6.92 Å². The Kier molecular flexibility index (Phi) is 4.07. The van der Waals surface area contributed by atoms with Crippen LogP contribution in [0.1, 0.15) is 17.2 Å². The van der Waals surface area contributed by atoms with Crippen molar-refractivity contribution in [2.24, 2.45) is 0 Å². The summed E-state index contributed by atoms with van der Waals surface area (Å²) in [6, 6.07) is 8.48. The number of nitrogens with one attached hydrogen (secondary N) is 1. The van der Waals surface area contributed by atoms with Crippen LogP contribution in [-0.2, 0) is 9.53 Å². The van der Waals surface area contributed by atoms with Crippen molar-refractivity contribution in [3.8, 4) is 0 Å². The lowest BCUT2D eigenvalue weighted by Gasteiger charge is -2.29. The molecule has 1 aromatic rings. The number of carbonyl (C=O) groups excluding carboxylic acids is 1. The van der Waals surface area contributed by atoms with Gasteiger partial charge < -0.3 is 4.74 Å². The highest BCUT2D eigenvalue weighted by Crippen LogP contribution is 2.25. The third kappa shape index (κ3) is 3.01. The minimum atomic E-state index is -0.190. The second-order valence-corrected chi connectivity index (χ2v) is 5.32. The molecule has 2 rings (SSSR count). The molecule has 4 heteroatoms. The van der Waals surface area contributed by atoms with Gasteiger partial charge in [-0.1, -0.05) is 29.8 Å². The second-order valence-electron chi connectivity index (χ2n) is 4.24. The van der Waals surface area contributed by atoms with Gasteiger partial charge in [0, 0.05) is 17.5 Å². The van der Waals surface area contributed by atoms with Crippen LogP contribution in [0.15, 0.2) is 24.3 Å². The zero-order valence-corrected chi connectivity index (χ0v) is 10.9. The smallest absolute Gasteiger partial charge is 0.323 e. The summed E-state index contributed by atoms with van der Waals surface area (Å²) >= 11 is 1.79. The second kappa shape index (κ2) is 5.56. The Hall–Kier alpha value is -1.00. The van der Waals surface area contributed by atoms with Gasteiger partial charge in [-0.15, -0.1) is 0 Å². The molecule has 1 heterocycles. The van der Waals surface area contributed by atoms with Crippen molar-refractivity contribution in [2.45, 2.75) is 19.0 Å². The molecule has 1 N–H and O–H groups in total. The first-order valence-corrected chi connectivity index (χ1v) is 6.84. The lowest BCUT2D eigenvalue weighted by molar-refractivity contribution is -0.142. The summed E-state index contributed by atoms with van der Waals surface area (Å²) in [5.41, 5.74) is 2.48. The highest BCUT2D eigenvalue weighted by atomic mass is 32.2. The van der Waals surface area contributed by atoms with Gasteiger partial charge in [-0.25, -0.2) is 0 Å². The quantitative estimate of drug-likeness (QED) is 0.815. The molecule has 17 heavy (non-hydrogen) atoms. The maximum absolute atomic E-state index is 11.5. The van der Waals surface area contributed by atoms with Crippen LogP contribution < -0.4 is 5.32 Å². The Bertz CT molecular complexity index is 391. The molecule has 1 fully saturated rings. The lowest BCUT2D eigenvalue weighted by Crippen LogP contribution is -2.45. The highest BCUT2D eigenvalue weighted by Gasteiger charge is 2.28. The molecule has 0 spiro atoms. The van der Waals surface area contributed by atoms with Crippen LogP contribution in [0.3, 0.4) is 0 Å². The zero-order chi connectivity index (χ0) is 12.3. The summed E-state index contributed by atoms with van der Waals surface area (Å²) in [5, 5.41) is 3.34. The topological polar surface area (TPSA) is 38.3 Å². The highest BCUT2D eigenvalue weighted by molar-refractivity contribution is 7.99. The van der Waals surface area contributed by atoms with Crippen molar-refractivity contribution in [3.63, 3.8) is 0 Å². The van der Waals surface area contributed by atoms with E-state index in [0.717, 1.165) is 11.5 Å². The number of hydrogen-bond donors (Lipinski definition) is 1. The largest absolute Gasteiger partial charge is 0.468 e. The van der Waals surface area contributed by atoms with Gasteiger partial charge in [-0.05, 0) is 12.5 Å². The normalized spacial score (nSPS) is 24.4. The van der Waals surface area contributed by atoms with Crippen LogP contribution in [0.2, 0.25) is 0 Å². The summed E-state index contributed by atoms with van der Waals surface area (Å²) in [5.74, 6) is 1.61. The predicted molar refractivity (Wildman–Crippen MR) is 70.2 cm³/mol. The third-order valence-corrected chi connectivity index (χ3v) is 4.07. The van der Waals surface area contributed by atoms with E-state index >= 15 is 0 Å². The van der Waals surface area contributed by atoms with E-state index in [1.807, 2.05) is 0 Å². The maximum atomic E-state index is 11.5. The number of thioether (sulfide) groups is 1. The molecule has 3 nitrogen and oxygen atoms in total. The number of rotatable bonds is 2. The molecule has 2 atom stereocenters. The van der Waals surface area contributed by atoms with Crippen molar-refractivity contribution >= 4 is 17.7 Å². The first-order chi connectivity index (χ1) is 8.20. The van der Waals surface area contributed by atoms with E-state index in [-0.39, 0.29) is 18.1 Å². The summed E-state index contributed by atoms with van der Waals surface area (Å²) in [4.78, 5) is 11.5. The van der Waals surface area contributed by atoms with Gasteiger partial charge in [0.1, 0.15) is 6.04 Å². The van der Waals surface area contributed by atoms with Gasteiger partial charge in [0.25, 0.3) is 0 Å². The molecule has 0 aliphatic carbocycles. The molecule has 1 aliphatic rings. The maximum Gasteiger partial charge on any atom is 0.323 e. The monoisotopic (exact) mass is 251 g/mol. The van der Waals surface area contributed by atoms with E-state index in [2.05, 4.69) is 36.5 Å². The van der Waals surface area contributed by atoms with Gasteiger partial charge in [0.2, 0.25) is 0 Å². The van der Waals surface area contributed by atoms with Gasteiger partial charge in [-0.2, -0.15) is 11.8 Å². The Morgan fingerprint density at radius 1 is 1.35 bits per heavy atom. The van der Waals surface area contributed by atoms with Gasteiger partial charge in [-0.3, -0.25) is 10.1 Å². The third-order valence-electron chi connectivity index (χ3n) is 2.94. The number of benzene rings is 1. The molecule has 2 unspecified atom stereocenters. The van der Waals surface area contributed by atoms with Crippen LogP contribution in [-0.4, -0.2) is 30.6 Å². The van der Waals surface area contributed by atoms with Crippen LogP contribution in [0.4, 0.5) is 0 Å². The molecule has 1 aliphatic heterocycles. The molecule has 1 aromatic carbocycles. The van der Waals surface area contributed by atoms with E-state index in [1.54, 1.807) is 11.8 Å². The first kappa shape index (κ1) is 12.5. The standard InChI is InChI=1S/C13H17NO2S/c1-9-3-5-10(6-4-9)11-7-17-8-12(14-11)13(15)16-2/h3-6,11-12,14H,7-8H2,1-2H3. The van der Waals surface area contributed by atoms with E-state index in [1.165, 1.54) is 18.2 Å². The van der Waals surface area contributed by atoms with E-state index in [0.29, 0.717) is 0 Å². The Morgan fingerprint density at radius 2 is 2.06 bits per heavy atom. The average molecular weight is 251 g/mol. The fourth-order valence-corrected chi connectivity index (χ4v) is 3.04. The Labute approximate surface area is 106 Å². The van der Waals surface area contributed by atoms with E-state index < -0.39 is 0 Å². The van der Waals surface area contributed by atoms with Crippen LogP contribution in [0.5, 0.6) is 0 Å². The molecule has 0 amide bonds. The summed E-state index contributed by atoms with van der Waals surface area (Å²) in [7, 11) is 1.43. The zero-order valence-electron chi connectivity index (χ0n) is 10.1. The molecule has 0 bridgehead atoms. The molecule has 0 saturated carbocycles. The number of ether oxygens (including phenoxy) is 1. The number of carbonyl (C=O) groups is 1. The number of aryl methyl sites for hydroxylation is 1. The van der Waals surface area contributed by atoms with Gasteiger partial charge >= 0.3 is 5.97 Å². The first-order valence-electron chi connectivity index (χ1n) is 5.69. The number of methoxy groups -OCH3 is 1. The molecule has 92 valence electrons. The van der Waals surface area contributed by atoms with Crippen molar-refractivity contribution in [2.75, 3.05) is 18.6 Å².